The summed E-state index contributed by atoms with van der Waals surface area (Å²) in [5, 5.41) is 7.43. The predicted octanol–water partition coefficient (Wildman–Crippen LogP) is 4.51. The molecule has 0 spiro atoms. The fourth-order valence-electron chi connectivity index (χ4n) is 3.67. The lowest BCUT2D eigenvalue weighted by molar-refractivity contribution is -0.134. The summed E-state index contributed by atoms with van der Waals surface area (Å²) in [5.41, 5.74) is 1.84. The number of rotatable bonds is 6. The van der Waals surface area contributed by atoms with Crippen LogP contribution in [0.3, 0.4) is 0 Å². The van der Waals surface area contributed by atoms with Gasteiger partial charge in [0.15, 0.2) is 0 Å². The highest BCUT2D eigenvalue weighted by Gasteiger charge is 2.32. The summed E-state index contributed by atoms with van der Waals surface area (Å²) >= 11 is 9.59. The summed E-state index contributed by atoms with van der Waals surface area (Å²) in [6, 6.07) is 13.5. The van der Waals surface area contributed by atoms with Crippen molar-refractivity contribution in [3.8, 4) is 0 Å². The van der Waals surface area contributed by atoms with E-state index in [9.17, 15) is 9.59 Å². The Morgan fingerprint density at radius 3 is 2.77 bits per heavy atom. The molecule has 3 heterocycles. The minimum Gasteiger partial charge on any atom is -0.335 e. The third-order valence-corrected chi connectivity index (χ3v) is 7.42. The van der Waals surface area contributed by atoms with Gasteiger partial charge in [0, 0.05) is 23.3 Å². The number of fused-ring (bicyclic) bond motifs is 1. The highest BCUT2D eigenvalue weighted by atomic mass is 35.5. The van der Waals surface area contributed by atoms with Gasteiger partial charge >= 0.3 is 0 Å². The zero-order chi connectivity index (χ0) is 21.1. The molecule has 1 aliphatic heterocycles. The Morgan fingerprint density at radius 1 is 1.17 bits per heavy atom. The molecule has 0 radical (unpaired) electrons. The smallest absolute Gasteiger partial charge is 0.244 e. The monoisotopic (exact) mass is 459 g/mol. The normalized spacial score (nSPS) is 16.1. The highest BCUT2D eigenvalue weighted by Crippen LogP contribution is 2.39. The van der Waals surface area contributed by atoms with Crippen LogP contribution in [-0.4, -0.2) is 48.3 Å². The topological polar surface area (TPSA) is 52.7 Å². The fourth-order valence-corrected chi connectivity index (χ4v) is 5.63. The van der Waals surface area contributed by atoms with Gasteiger partial charge in [0.2, 0.25) is 11.8 Å². The van der Waals surface area contributed by atoms with Crippen LogP contribution in [0.5, 0.6) is 0 Å². The summed E-state index contributed by atoms with van der Waals surface area (Å²) in [6.45, 7) is 1.07. The molecule has 1 N–H and O–H groups in total. The molecule has 8 heteroatoms. The first kappa shape index (κ1) is 21.1. The number of para-hydroxylation sites is 1. The van der Waals surface area contributed by atoms with E-state index in [2.05, 4.69) is 33.1 Å². The van der Waals surface area contributed by atoms with Gasteiger partial charge in [-0.2, -0.15) is 0 Å². The van der Waals surface area contributed by atoms with E-state index in [-0.39, 0.29) is 30.9 Å². The highest BCUT2D eigenvalue weighted by molar-refractivity contribution is 7.10. The van der Waals surface area contributed by atoms with Crippen molar-refractivity contribution < 1.29 is 9.59 Å². The molecule has 1 atom stereocenters. The maximum Gasteiger partial charge on any atom is 0.244 e. The molecule has 30 heavy (non-hydrogen) atoms. The van der Waals surface area contributed by atoms with Crippen LogP contribution in [0.2, 0.25) is 5.02 Å². The molecule has 1 aromatic carbocycles. The van der Waals surface area contributed by atoms with Gasteiger partial charge in [-0.3, -0.25) is 14.5 Å². The third kappa shape index (κ3) is 4.59. The van der Waals surface area contributed by atoms with Crippen LogP contribution in [-0.2, 0) is 16.0 Å². The molecule has 0 saturated carbocycles. The first-order valence-electron chi connectivity index (χ1n) is 9.65. The number of anilines is 1. The summed E-state index contributed by atoms with van der Waals surface area (Å²) in [6.07, 6.45) is 0.943. The van der Waals surface area contributed by atoms with E-state index in [1.165, 1.54) is 20.2 Å². The van der Waals surface area contributed by atoms with Gasteiger partial charge < -0.3 is 10.2 Å². The van der Waals surface area contributed by atoms with Crippen molar-refractivity contribution >= 4 is 51.8 Å². The first-order valence-corrected chi connectivity index (χ1v) is 11.8. The fraction of sp³-hybridized carbons (Fsp3) is 0.273. The van der Waals surface area contributed by atoms with Crippen molar-refractivity contribution in [1.82, 2.24) is 9.80 Å². The Balaban J connectivity index is 1.41. The second kappa shape index (κ2) is 9.31. The Kier molecular flexibility index (Phi) is 6.53. The SMILES string of the molecule is CN(CC(=O)Nc1ccccc1Cl)C(=O)CN1CCc2sccc2C1c1cccs1. The number of amides is 2. The number of nitrogens with zero attached hydrogens (tertiary/aromatic N) is 2. The molecule has 0 fully saturated rings. The number of carbonyl (C=O) groups is 2. The minimum absolute atomic E-state index is 0.0226. The minimum atomic E-state index is -0.271. The van der Waals surface area contributed by atoms with Crippen LogP contribution in [0.1, 0.15) is 21.4 Å². The largest absolute Gasteiger partial charge is 0.335 e. The number of hydrogen-bond acceptors (Lipinski definition) is 5. The van der Waals surface area contributed by atoms with Crippen LogP contribution in [0.4, 0.5) is 5.69 Å². The number of halogens is 1. The summed E-state index contributed by atoms with van der Waals surface area (Å²) < 4.78 is 0. The van der Waals surface area contributed by atoms with E-state index in [4.69, 9.17) is 11.6 Å². The lowest BCUT2D eigenvalue weighted by Crippen LogP contribution is -2.44. The standard InChI is InChI=1S/C22H22ClN3O2S2/c1-25(13-20(27)24-17-6-3-2-5-16(17)23)21(28)14-26-10-8-18-15(9-12-30-18)22(26)19-7-4-11-29-19/h2-7,9,11-12,22H,8,10,13-14H2,1H3,(H,24,27). The van der Waals surface area contributed by atoms with Crippen molar-refractivity contribution in [1.29, 1.82) is 0 Å². The summed E-state index contributed by atoms with van der Waals surface area (Å²) in [7, 11) is 1.66. The second-order valence-corrected chi connectivity index (χ2v) is 9.60. The third-order valence-electron chi connectivity index (χ3n) is 5.17. The van der Waals surface area contributed by atoms with Crippen molar-refractivity contribution in [3.63, 3.8) is 0 Å². The van der Waals surface area contributed by atoms with Crippen molar-refractivity contribution in [2.45, 2.75) is 12.5 Å². The number of thiophene rings is 2. The van der Waals surface area contributed by atoms with Crippen molar-refractivity contribution in [3.05, 3.63) is 73.6 Å². The van der Waals surface area contributed by atoms with Gasteiger partial charge in [-0.15, -0.1) is 22.7 Å². The maximum absolute atomic E-state index is 12.9. The summed E-state index contributed by atoms with van der Waals surface area (Å²) in [5.74, 6) is -0.350. The Labute approximate surface area is 188 Å². The van der Waals surface area contributed by atoms with E-state index in [1.54, 1.807) is 54.0 Å². The van der Waals surface area contributed by atoms with Crippen LogP contribution >= 0.6 is 34.3 Å². The number of likely N-dealkylation sites (N-methyl/N-ethyl adjacent to an activating group) is 1. The van der Waals surface area contributed by atoms with Crippen molar-refractivity contribution in [2.75, 3.05) is 32.0 Å². The van der Waals surface area contributed by atoms with Gasteiger partial charge in [-0.25, -0.2) is 0 Å². The van der Waals surface area contributed by atoms with Crippen molar-refractivity contribution in [2.24, 2.45) is 0 Å². The molecule has 2 aromatic heterocycles. The predicted molar refractivity (Wildman–Crippen MR) is 123 cm³/mol. The molecule has 1 unspecified atom stereocenters. The Bertz CT molecular complexity index is 1030. The number of carbonyl (C=O) groups excluding carboxylic acids is 2. The van der Waals surface area contributed by atoms with Gasteiger partial charge in [0.1, 0.15) is 0 Å². The lowest BCUT2D eigenvalue weighted by atomic mass is 9.98. The number of hydrogen-bond donors (Lipinski definition) is 1. The molecular formula is C22H22ClN3O2S2. The van der Waals surface area contributed by atoms with E-state index >= 15 is 0 Å². The van der Waals surface area contributed by atoms with Gasteiger partial charge in [0.25, 0.3) is 0 Å². The molecule has 4 rings (SSSR count). The molecule has 1 aliphatic rings. The molecule has 5 nitrogen and oxygen atoms in total. The Hall–Kier alpha value is -2.19. The molecule has 3 aromatic rings. The number of benzene rings is 1. The average Bonchev–Trinajstić information content (AvgIpc) is 3.41. The Morgan fingerprint density at radius 2 is 2.00 bits per heavy atom. The molecule has 156 valence electrons. The van der Waals surface area contributed by atoms with E-state index in [0.29, 0.717) is 10.7 Å². The molecule has 2 amide bonds. The zero-order valence-corrected chi connectivity index (χ0v) is 18.9. The van der Waals surface area contributed by atoms with E-state index in [0.717, 1.165) is 13.0 Å². The van der Waals surface area contributed by atoms with E-state index in [1.807, 2.05) is 6.07 Å². The lowest BCUT2D eigenvalue weighted by Gasteiger charge is -2.35. The summed E-state index contributed by atoms with van der Waals surface area (Å²) in [4.78, 5) is 31.6. The number of nitrogens with one attached hydrogen (secondary N) is 1. The molecule has 0 saturated heterocycles. The van der Waals surface area contributed by atoms with E-state index < -0.39 is 0 Å². The van der Waals surface area contributed by atoms with Crippen LogP contribution in [0.15, 0.2) is 53.2 Å². The maximum atomic E-state index is 12.9. The second-order valence-electron chi connectivity index (χ2n) is 7.22. The van der Waals surface area contributed by atoms with Crippen LogP contribution < -0.4 is 5.32 Å². The van der Waals surface area contributed by atoms with Crippen LogP contribution in [0, 0.1) is 0 Å². The quantitative estimate of drug-likeness (QED) is 0.590. The zero-order valence-electron chi connectivity index (χ0n) is 16.5. The van der Waals surface area contributed by atoms with Gasteiger partial charge in [-0.05, 0) is 47.0 Å². The molecular weight excluding hydrogens is 438 g/mol. The molecule has 0 bridgehead atoms. The average molecular weight is 460 g/mol. The van der Waals surface area contributed by atoms with Gasteiger partial charge in [0.05, 0.1) is 29.8 Å². The van der Waals surface area contributed by atoms with Crippen LogP contribution in [0.25, 0.3) is 0 Å². The molecule has 0 aliphatic carbocycles. The first-order chi connectivity index (χ1) is 14.5. The van der Waals surface area contributed by atoms with Gasteiger partial charge in [-0.1, -0.05) is 29.8 Å².